The Bertz CT molecular complexity index is 562. The molecule has 0 fully saturated rings. The van der Waals surface area contributed by atoms with Crippen molar-refractivity contribution in [3.8, 4) is 0 Å². The lowest BCUT2D eigenvalue weighted by molar-refractivity contribution is 0.421. The van der Waals surface area contributed by atoms with E-state index >= 15 is 0 Å². The van der Waals surface area contributed by atoms with Gasteiger partial charge in [0.1, 0.15) is 5.82 Å². The number of hydrogen-bond acceptors (Lipinski definition) is 5. The van der Waals surface area contributed by atoms with E-state index in [1.807, 2.05) is 25.4 Å². The fraction of sp³-hybridized carbons (Fsp3) is 0.438. The topological polar surface area (TPSA) is 53.9 Å². The number of nitrogens with zero attached hydrogens (tertiary/aromatic N) is 4. The summed E-state index contributed by atoms with van der Waals surface area (Å²) in [6.45, 7) is 7.92. The molecule has 0 saturated heterocycles. The molecule has 0 aromatic carbocycles. The third-order valence-electron chi connectivity index (χ3n) is 3.03. The largest absolute Gasteiger partial charge is 0.354 e. The molecule has 21 heavy (non-hydrogen) atoms. The summed E-state index contributed by atoms with van der Waals surface area (Å²) < 4.78 is 0. The lowest BCUT2D eigenvalue weighted by Crippen LogP contribution is -2.35. The lowest BCUT2D eigenvalue weighted by atomic mass is 10.1. The summed E-state index contributed by atoms with van der Waals surface area (Å²) in [6, 6.07) is 4.02. The molecule has 0 amide bonds. The molecule has 0 atom stereocenters. The molecule has 0 spiro atoms. The molecule has 0 unspecified atom stereocenters. The molecule has 5 heteroatoms. The first-order chi connectivity index (χ1) is 9.94. The van der Waals surface area contributed by atoms with Gasteiger partial charge in [0.15, 0.2) is 0 Å². The van der Waals surface area contributed by atoms with E-state index in [0.29, 0.717) is 6.54 Å². The molecule has 0 saturated carbocycles. The Morgan fingerprint density at radius 1 is 1.10 bits per heavy atom. The molecule has 2 rings (SSSR count). The van der Waals surface area contributed by atoms with Crippen LogP contribution in [0.5, 0.6) is 0 Å². The highest BCUT2D eigenvalue weighted by molar-refractivity contribution is 5.36. The molecule has 0 bridgehead atoms. The molecule has 1 N–H and O–H groups in total. The molecule has 2 aromatic rings. The van der Waals surface area contributed by atoms with Gasteiger partial charge in [0, 0.05) is 44.3 Å². The van der Waals surface area contributed by atoms with E-state index in [9.17, 15) is 0 Å². The number of nitrogens with one attached hydrogen (secondary N) is 1. The van der Waals surface area contributed by atoms with Gasteiger partial charge in [0.25, 0.3) is 0 Å². The lowest BCUT2D eigenvalue weighted by Gasteiger charge is -2.21. The minimum Gasteiger partial charge on any atom is -0.354 e. The summed E-state index contributed by atoms with van der Waals surface area (Å²) in [5.41, 5.74) is 2.22. The van der Waals surface area contributed by atoms with E-state index in [2.05, 4.69) is 45.9 Å². The van der Waals surface area contributed by atoms with Crippen molar-refractivity contribution in [2.75, 3.05) is 11.9 Å². The van der Waals surface area contributed by atoms with Gasteiger partial charge in [0.2, 0.25) is 0 Å². The second-order valence-electron chi connectivity index (χ2n) is 6.18. The summed E-state index contributed by atoms with van der Waals surface area (Å²) >= 11 is 0. The van der Waals surface area contributed by atoms with Gasteiger partial charge in [-0.05, 0) is 38.5 Å². The fourth-order valence-corrected chi connectivity index (χ4v) is 1.86. The minimum absolute atomic E-state index is 0.0701. The number of hydrogen-bond donors (Lipinski definition) is 1. The Labute approximate surface area is 126 Å². The summed E-state index contributed by atoms with van der Waals surface area (Å²) in [5, 5.41) is 3.42. The number of rotatable bonds is 5. The van der Waals surface area contributed by atoms with Crippen molar-refractivity contribution >= 4 is 5.82 Å². The standard InChI is InChI=1S/C16H23N5/c1-16(2,3)19-10-14-9-18-11-15(20-14)21(4)12-13-5-7-17-8-6-13/h5-9,11,19H,10,12H2,1-4H3. The quantitative estimate of drug-likeness (QED) is 0.914. The normalized spacial score (nSPS) is 11.4. The molecule has 0 radical (unpaired) electrons. The highest BCUT2D eigenvalue weighted by Crippen LogP contribution is 2.12. The van der Waals surface area contributed by atoms with E-state index in [1.165, 1.54) is 5.56 Å². The second-order valence-corrected chi connectivity index (χ2v) is 6.18. The zero-order valence-corrected chi connectivity index (χ0v) is 13.2. The van der Waals surface area contributed by atoms with E-state index in [-0.39, 0.29) is 5.54 Å². The molecular formula is C16H23N5. The highest BCUT2D eigenvalue weighted by Gasteiger charge is 2.10. The van der Waals surface area contributed by atoms with Crippen molar-refractivity contribution in [3.63, 3.8) is 0 Å². The number of aromatic nitrogens is 3. The van der Waals surface area contributed by atoms with Crippen LogP contribution in [0.2, 0.25) is 0 Å². The molecule has 0 aliphatic heterocycles. The summed E-state index contributed by atoms with van der Waals surface area (Å²) in [6.07, 6.45) is 7.21. The number of pyridine rings is 1. The van der Waals surface area contributed by atoms with Gasteiger partial charge in [-0.25, -0.2) is 4.98 Å². The molecule has 2 heterocycles. The zero-order valence-electron chi connectivity index (χ0n) is 13.2. The van der Waals surface area contributed by atoms with Crippen LogP contribution in [0.3, 0.4) is 0 Å². The third kappa shape index (κ3) is 5.11. The maximum atomic E-state index is 4.66. The molecule has 5 nitrogen and oxygen atoms in total. The maximum Gasteiger partial charge on any atom is 0.147 e. The monoisotopic (exact) mass is 285 g/mol. The fourth-order valence-electron chi connectivity index (χ4n) is 1.86. The van der Waals surface area contributed by atoms with Crippen LogP contribution in [0.1, 0.15) is 32.0 Å². The summed E-state index contributed by atoms with van der Waals surface area (Å²) in [5.74, 6) is 0.875. The average molecular weight is 285 g/mol. The van der Waals surface area contributed by atoms with Crippen LogP contribution in [0.4, 0.5) is 5.82 Å². The molecule has 2 aromatic heterocycles. The van der Waals surface area contributed by atoms with Crippen LogP contribution >= 0.6 is 0 Å². The van der Waals surface area contributed by atoms with Crippen LogP contribution in [0, 0.1) is 0 Å². The van der Waals surface area contributed by atoms with Crippen molar-refractivity contribution in [1.82, 2.24) is 20.3 Å². The smallest absolute Gasteiger partial charge is 0.147 e. The summed E-state index contributed by atoms with van der Waals surface area (Å²) in [4.78, 5) is 15.1. The molecule has 0 aliphatic carbocycles. The Hall–Kier alpha value is -2.01. The van der Waals surface area contributed by atoms with Crippen LogP contribution < -0.4 is 10.2 Å². The van der Waals surface area contributed by atoms with Gasteiger partial charge in [0.05, 0.1) is 11.9 Å². The van der Waals surface area contributed by atoms with Gasteiger partial charge in [-0.1, -0.05) is 0 Å². The van der Waals surface area contributed by atoms with Crippen LogP contribution in [-0.2, 0) is 13.1 Å². The van der Waals surface area contributed by atoms with Gasteiger partial charge in [-0.3, -0.25) is 9.97 Å². The highest BCUT2D eigenvalue weighted by atomic mass is 15.2. The predicted molar refractivity (Wildman–Crippen MR) is 85.0 cm³/mol. The maximum absolute atomic E-state index is 4.66. The average Bonchev–Trinajstić information content (AvgIpc) is 2.46. The number of anilines is 1. The van der Waals surface area contributed by atoms with Gasteiger partial charge >= 0.3 is 0 Å². The first-order valence-corrected chi connectivity index (χ1v) is 7.10. The SMILES string of the molecule is CN(Cc1ccncc1)c1cncc(CNC(C)(C)C)n1. The van der Waals surface area contributed by atoms with Crippen molar-refractivity contribution < 1.29 is 0 Å². The second kappa shape index (κ2) is 6.63. The Morgan fingerprint density at radius 2 is 1.81 bits per heavy atom. The Morgan fingerprint density at radius 3 is 2.48 bits per heavy atom. The zero-order chi connectivity index (χ0) is 15.3. The molecular weight excluding hydrogens is 262 g/mol. The van der Waals surface area contributed by atoms with Crippen molar-refractivity contribution in [2.45, 2.75) is 39.4 Å². The minimum atomic E-state index is 0.0701. The van der Waals surface area contributed by atoms with Crippen LogP contribution in [0.25, 0.3) is 0 Å². The van der Waals surface area contributed by atoms with Gasteiger partial charge < -0.3 is 10.2 Å². The van der Waals surface area contributed by atoms with Crippen LogP contribution in [-0.4, -0.2) is 27.5 Å². The Balaban J connectivity index is 2.03. The van der Waals surface area contributed by atoms with Crippen LogP contribution in [0.15, 0.2) is 36.9 Å². The third-order valence-corrected chi connectivity index (χ3v) is 3.03. The van der Waals surface area contributed by atoms with Crippen molar-refractivity contribution in [1.29, 1.82) is 0 Å². The summed E-state index contributed by atoms with van der Waals surface area (Å²) in [7, 11) is 2.02. The van der Waals surface area contributed by atoms with Crippen molar-refractivity contribution in [2.24, 2.45) is 0 Å². The van der Waals surface area contributed by atoms with E-state index < -0.39 is 0 Å². The predicted octanol–water partition coefficient (Wildman–Crippen LogP) is 2.40. The molecule has 0 aliphatic rings. The van der Waals surface area contributed by atoms with E-state index in [4.69, 9.17) is 0 Å². The first-order valence-electron chi connectivity index (χ1n) is 7.10. The molecule has 112 valence electrons. The Kier molecular flexibility index (Phi) is 4.85. The van der Waals surface area contributed by atoms with Gasteiger partial charge in [-0.2, -0.15) is 0 Å². The van der Waals surface area contributed by atoms with Crippen molar-refractivity contribution in [3.05, 3.63) is 48.2 Å². The van der Waals surface area contributed by atoms with Gasteiger partial charge in [-0.15, -0.1) is 0 Å². The van der Waals surface area contributed by atoms with E-state index in [1.54, 1.807) is 18.6 Å². The van der Waals surface area contributed by atoms with E-state index in [0.717, 1.165) is 18.1 Å². The first kappa shape index (κ1) is 15.4.